The highest BCUT2D eigenvalue weighted by Crippen LogP contribution is 2.25. The fraction of sp³-hybridized carbons (Fsp3) is 0.333. The average Bonchev–Trinajstić information content (AvgIpc) is 2.46. The maximum atomic E-state index is 9.81. The van der Waals surface area contributed by atoms with Crippen LogP contribution in [0.25, 0.3) is 10.9 Å². The van der Waals surface area contributed by atoms with Crippen molar-refractivity contribution in [3.63, 3.8) is 0 Å². The molecule has 1 saturated heterocycles. The minimum absolute atomic E-state index is 0.287. The summed E-state index contributed by atoms with van der Waals surface area (Å²) in [6, 6.07) is 9.78. The van der Waals surface area contributed by atoms with Gasteiger partial charge in [-0.1, -0.05) is 30.4 Å². The molecule has 2 aromatic rings. The van der Waals surface area contributed by atoms with Crippen molar-refractivity contribution in [3.8, 4) is 0 Å². The van der Waals surface area contributed by atoms with Gasteiger partial charge in [0.15, 0.2) is 0 Å². The van der Waals surface area contributed by atoms with Gasteiger partial charge < -0.3 is 15.7 Å². The van der Waals surface area contributed by atoms with Crippen LogP contribution in [-0.2, 0) is 0 Å². The molecule has 1 aliphatic heterocycles. The lowest BCUT2D eigenvalue weighted by Crippen LogP contribution is -2.38. The summed E-state index contributed by atoms with van der Waals surface area (Å²) in [6.07, 6.45) is 1.54. The van der Waals surface area contributed by atoms with Gasteiger partial charge in [-0.05, 0) is 25.0 Å². The monoisotopic (exact) mass is 287 g/mol. The highest BCUT2D eigenvalue weighted by Gasteiger charge is 2.20. The Labute approximate surface area is 123 Å². The minimum Gasteiger partial charge on any atom is -0.391 e. The summed E-state index contributed by atoms with van der Waals surface area (Å²) in [5, 5.41) is 10.8. The lowest BCUT2D eigenvalue weighted by molar-refractivity contribution is 0.154. The van der Waals surface area contributed by atoms with E-state index in [2.05, 4.69) is 9.88 Å². The van der Waals surface area contributed by atoms with E-state index in [1.54, 1.807) is 0 Å². The quantitative estimate of drug-likeness (QED) is 0.825. The predicted octanol–water partition coefficient (Wildman–Crippen LogP) is 1.83. The summed E-state index contributed by atoms with van der Waals surface area (Å²) in [7, 11) is 0. The second kappa shape index (κ2) is 5.34. The smallest absolute Gasteiger partial charge is 0.130 e. The summed E-state index contributed by atoms with van der Waals surface area (Å²) >= 11 is 5.16. The number of benzene rings is 1. The van der Waals surface area contributed by atoms with E-state index in [4.69, 9.17) is 18.0 Å². The van der Waals surface area contributed by atoms with Crippen LogP contribution in [0.1, 0.15) is 18.4 Å². The number of pyridine rings is 1. The van der Waals surface area contributed by atoms with Crippen LogP contribution in [0, 0.1) is 0 Å². The summed E-state index contributed by atoms with van der Waals surface area (Å²) in [4.78, 5) is 7.15. The summed E-state index contributed by atoms with van der Waals surface area (Å²) in [5.41, 5.74) is 7.57. The first-order valence-corrected chi connectivity index (χ1v) is 7.18. The van der Waals surface area contributed by atoms with Crippen molar-refractivity contribution >= 4 is 33.9 Å². The van der Waals surface area contributed by atoms with E-state index < -0.39 is 0 Å². The molecule has 0 saturated carbocycles. The van der Waals surface area contributed by atoms with E-state index >= 15 is 0 Å². The Kier molecular flexibility index (Phi) is 3.54. The summed E-state index contributed by atoms with van der Waals surface area (Å²) in [5.74, 6) is 0.838. The largest absolute Gasteiger partial charge is 0.391 e. The van der Waals surface area contributed by atoms with Crippen LogP contribution in [0.2, 0.25) is 0 Å². The maximum Gasteiger partial charge on any atom is 0.130 e. The average molecular weight is 287 g/mol. The molecule has 20 heavy (non-hydrogen) atoms. The first-order valence-electron chi connectivity index (χ1n) is 6.78. The molecular formula is C15H17N3OS. The fourth-order valence-electron chi connectivity index (χ4n) is 2.69. The number of nitrogens with zero attached hydrogens (tertiary/aromatic N) is 2. The zero-order valence-electron chi connectivity index (χ0n) is 11.1. The predicted molar refractivity (Wildman–Crippen MR) is 85.1 cm³/mol. The molecule has 104 valence electrons. The zero-order valence-corrected chi connectivity index (χ0v) is 11.9. The van der Waals surface area contributed by atoms with Crippen LogP contribution in [0.3, 0.4) is 0 Å². The SMILES string of the molecule is NC(=S)c1cc(N2CCCC(O)C2)nc2ccccc12. The molecule has 5 heteroatoms. The number of rotatable bonds is 2. The molecular weight excluding hydrogens is 270 g/mol. The third-order valence-electron chi connectivity index (χ3n) is 3.69. The van der Waals surface area contributed by atoms with E-state index in [0.717, 1.165) is 41.7 Å². The first kappa shape index (κ1) is 13.3. The zero-order chi connectivity index (χ0) is 14.1. The van der Waals surface area contributed by atoms with Crippen LogP contribution in [0.15, 0.2) is 30.3 Å². The summed E-state index contributed by atoms with van der Waals surface area (Å²) in [6.45, 7) is 1.52. The van der Waals surface area contributed by atoms with Crippen molar-refractivity contribution < 1.29 is 5.11 Å². The van der Waals surface area contributed by atoms with Gasteiger partial charge in [0, 0.05) is 24.0 Å². The number of β-amino-alcohol motifs (C(OH)–C–C–N with tert-alkyl or cyclic N) is 1. The Morgan fingerprint density at radius 2 is 2.20 bits per heavy atom. The Bertz CT molecular complexity index is 659. The number of fused-ring (bicyclic) bond motifs is 1. The normalized spacial score (nSPS) is 19.2. The van der Waals surface area contributed by atoms with Crippen molar-refractivity contribution in [2.24, 2.45) is 5.73 Å². The fourth-order valence-corrected chi connectivity index (χ4v) is 2.86. The Morgan fingerprint density at radius 3 is 2.95 bits per heavy atom. The number of aliphatic hydroxyl groups excluding tert-OH is 1. The first-order chi connectivity index (χ1) is 9.65. The molecule has 1 aliphatic rings. The third-order valence-corrected chi connectivity index (χ3v) is 3.91. The second-order valence-electron chi connectivity index (χ2n) is 5.15. The molecule has 0 aliphatic carbocycles. The molecule has 0 amide bonds. The molecule has 1 atom stereocenters. The van der Waals surface area contributed by atoms with Crippen molar-refractivity contribution in [2.45, 2.75) is 18.9 Å². The molecule has 4 nitrogen and oxygen atoms in total. The minimum atomic E-state index is -0.287. The van der Waals surface area contributed by atoms with Crippen LogP contribution < -0.4 is 10.6 Å². The highest BCUT2D eigenvalue weighted by atomic mass is 32.1. The van der Waals surface area contributed by atoms with Gasteiger partial charge in [0.2, 0.25) is 0 Å². The Hall–Kier alpha value is -1.72. The molecule has 3 N–H and O–H groups in total. The second-order valence-corrected chi connectivity index (χ2v) is 5.59. The molecule has 2 heterocycles. The van der Waals surface area contributed by atoms with Gasteiger partial charge >= 0.3 is 0 Å². The van der Waals surface area contributed by atoms with Gasteiger partial charge in [0.05, 0.1) is 11.6 Å². The molecule has 0 bridgehead atoms. The van der Waals surface area contributed by atoms with Crippen molar-refractivity contribution in [3.05, 3.63) is 35.9 Å². The number of thiocarbonyl (C=S) groups is 1. The van der Waals surface area contributed by atoms with Crippen LogP contribution in [0.4, 0.5) is 5.82 Å². The van der Waals surface area contributed by atoms with E-state index in [-0.39, 0.29) is 6.10 Å². The van der Waals surface area contributed by atoms with E-state index in [1.165, 1.54) is 0 Å². The van der Waals surface area contributed by atoms with Gasteiger partial charge in [-0.15, -0.1) is 0 Å². The van der Waals surface area contributed by atoms with Gasteiger partial charge in [-0.2, -0.15) is 0 Å². The van der Waals surface area contributed by atoms with Crippen molar-refractivity contribution in [1.82, 2.24) is 4.98 Å². The Morgan fingerprint density at radius 1 is 1.40 bits per heavy atom. The van der Waals surface area contributed by atoms with E-state index in [0.29, 0.717) is 11.5 Å². The van der Waals surface area contributed by atoms with Gasteiger partial charge in [0.25, 0.3) is 0 Å². The third kappa shape index (κ3) is 2.46. The van der Waals surface area contributed by atoms with Crippen LogP contribution in [0.5, 0.6) is 0 Å². The van der Waals surface area contributed by atoms with Crippen molar-refractivity contribution in [1.29, 1.82) is 0 Å². The number of aromatic nitrogens is 1. The van der Waals surface area contributed by atoms with Crippen LogP contribution >= 0.6 is 12.2 Å². The van der Waals surface area contributed by atoms with Gasteiger partial charge in [-0.25, -0.2) is 4.98 Å². The number of anilines is 1. The number of hydrogen-bond donors (Lipinski definition) is 2. The number of aliphatic hydroxyl groups is 1. The molecule has 0 radical (unpaired) electrons. The van der Waals surface area contributed by atoms with Gasteiger partial charge in [0.1, 0.15) is 10.8 Å². The number of nitrogens with two attached hydrogens (primary N) is 1. The Balaban J connectivity index is 2.09. The molecule has 1 aromatic heterocycles. The van der Waals surface area contributed by atoms with E-state index in [1.807, 2.05) is 30.3 Å². The molecule has 1 unspecified atom stereocenters. The highest BCUT2D eigenvalue weighted by molar-refractivity contribution is 7.80. The molecule has 1 aromatic carbocycles. The van der Waals surface area contributed by atoms with Crippen molar-refractivity contribution in [2.75, 3.05) is 18.0 Å². The molecule has 1 fully saturated rings. The number of piperidine rings is 1. The van der Waals surface area contributed by atoms with Gasteiger partial charge in [-0.3, -0.25) is 0 Å². The summed E-state index contributed by atoms with van der Waals surface area (Å²) < 4.78 is 0. The number of para-hydroxylation sites is 1. The molecule has 3 rings (SSSR count). The number of hydrogen-bond acceptors (Lipinski definition) is 4. The molecule has 0 spiro atoms. The standard InChI is InChI=1S/C15H17N3OS/c16-15(20)12-8-14(18-7-3-4-10(19)9-18)17-13-6-2-1-5-11(12)13/h1-2,5-6,8,10,19H,3-4,7,9H2,(H2,16,20). The lowest BCUT2D eigenvalue weighted by Gasteiger charge is -2.31. The lowest BCUT2D eigenvalue weighted by atomic mass is 10.1. The van der Waals surface area contributed by atoms with E-state index in [9.17, 15) is 5.11 Å². The van der Waals surface area contributed by atoms with Crippen LogP contribution in [-0.4, -0.2) is 34.3 Å². The topological polar surface area (TPSA) is 62.4 Å². The maximum absolute atomic E-state index is 9.81.